The summed E-state index contributed by atoms with van der Waals surface area (Å²) in [4.78, 5) is 13.4. The van der Waals surface area contributed by atoms with E-state index >= 15 is 0 Å². The van der Waals surface area contributed by atoms with E-state index in [1.54, 1.807) is 0 Å². The Kier molecular flexibility index (Phi) is 3.65. The van der Waals surface area contributed by atoms with Crippen molar-refractivity contribution in [3.63, 3.8) is 0 Å². The number of nitrogens with two attached hydrogens (primary N) is 1. The average Bonchev–Trinajstić information content (AvgIpc) is 2.76. The highest BCUT2D eigenvalue weighted by molar-refractivity contribution is 5.79. The zero-order valence-electron chi connectivity index (χ0n) is 11.8. The maximum atomic E-state index is 11.2. The maximum absolute atomic E-state index is 11.2. The van der Waals surface area contributed by atoms with Gasteiger partial charge in [-0.15, -0.1) is 0 Å². The lowest BCUT2D eigenvalue weighted by molar-refractivity contribution is -0.142. The number of benzene rings is 1. The lowest BCUT2D eigenvalue weighted by atomic mass is 9.98. The summed E-state index contributed by atoms with van der Waals surface area (Å²) in [6, 6.07) is 6.59. The van der Waals surface area contributed by atoms with Crippen LogP contribution in [0.25, 0.3) is 0 Å². The molecule has 3 N–H and O–H groups in total. The highest BCUT2D eigenvalue weighted by Gasteiger charge is 2.42. The smallest absolute Gasteiger partial charge is 0.325 e. The van der Waals surface area contributed by atoms with Crippen molar-refractivity contribution in [1.82, 2.24) is 4.90 Å². The molecule has 0 aromatic heterocycles. The molecule has 1 aromatic carbocycles. The highest BCUT2D eigenvalue weighted by atomic mass is 16.4. The number of aryl methyl sites for hydroxylation is 2. The van der Waals surface area contributed by atoms with Crippen LogP contribution in [-0.4, -0.2) is 34.6 Å². The fourth-order valence-corrected chi connectivity index (χ4v) is 2.78. The van der Waals surface area contributed by atoms with Crippen LogP contribution < -0.4 is 5.73 Å². The quantitative estimate of drug-likeness (QED) is 0.872. The molecule has 1 fully saturated rings. The second kappa shape index (κ2) is 4.94. The molecule has 4 heteroatoms. The third-order valence-electron chi connectivity index (χ3n) is 4.19. The first kappa shape index (κ1) is 14.0. The summed E-state index contributed by atoms with van der Waals surface area (Å²) < 4.78 is 0. The van der Waals surface area contributed by atoms with Crippen molar-refractivity contribution < 1.29 is 9.90 Å². The van der Waals surface area contributed by atoms with Gasteiger partial charge in [0, 0.05) is 19.1 Å². The molecule has 0 aliphatic carbocycles. The van der Waals surface area contributed by atoms with Crippen molar-refractivity contribution in [2.45, 2.75) is 38.8 Å². The number of rotatable bonds is 3. The van der Waals surface area contributed by atoms with Crippen LogP contribution in [0.1, 0.15) is 36.1 Å². The number of carboxylic acids is 1. The van der Waals surface area contributed by atoms with Gasteiger partial charge in [0.2, 0.25) is 0 Å². The minimum Gasteiger partial charge on any atom is -0.480 e. The van der Waals surface area contributed by atoms with Crippen LogP contribution in [-0.2, 0) is 4.79 Å². The first-order valence-electron chi connectivity index (χ1n) is 6.67. The van der Waals surface area contributed by atoms with E-state index in [0.29, 0.717) is 13.0 Å². The summed E-state index contributed by atoms with van der Waals surface area (Å²) in [6.07, 6.45) is 0.511. The number of carbonyl (C=O) groups is 1. The Labute approximate surface area is 114 Å². The SMILES string of the molecule is Cc1ccc(C)c(C(C)N2CCC(N)(C(=O)O)C2)c1. The van der Waals surface area contributed by atoms with Gasteiger partial charge in [-0.3, -0.25) is 9.69 Å². The molecule has 0 bridgehead atoms. The molecule has 1 aromatic rings. The summed E-state index contributed by atoms with van der Waals surface area (Å²) in [5.74, 6) is -0.900. The van der Waals surface area contributed by atoms with Crippen LogP contribution in [0, 0.1) is 13.8 Å². The van der Waals surface area contributed by atoms with E-state index in [1.807, 2.05) is 0 Å². The Morgan fingerprint density at radius 2 is 2.16 bits per heavy atom. The standard InChI is InChI=1S/C15H22N2O2/c1-10-4-5-11(2)13(8-10)12(3)17-7-6-15(16,9-17)14(18)19/h4-5,8,12H,6-7,9,16H2,1-3H3,(H,18,19). The van der Waals surface area contributed by atoms with Crippen LogP contribution in [0.3, 0.4) is 0 Å². The lowest BCUT2D eigenvalue weighted by Gasteiger charge is -2.27. The third kappa shape index (κ3) is 2.65. The zero-order chi connectivity index (χ0) is 14.2. The fraction of sp³-hybridized carbons (Fsp3) is 0.533. The minimum atomic E-state index is -1.09. The molecular formula is C15H22N2O2. The van der Waals surface area contributed by atoms with Crippen molar-refractivity contribution in [2.75, 3.05) is 13.1 Å². The van der Waals surface area contributed by atoms with Crippen LogP contribution in [0.4, 0.5) is 0 Å². The number of carboxylic acid groups (broad SMARTS) is 1. The predicted octanol–water partition coefficient (Wildman–Crippen LogP) is 1.85. The van der Waals surface area contributed by atoms with Gasteiger partial charge in [-0.1, -0.05) is 23.8 Å². The summed E-state index contributed by atoms with van der Waals surface area (Å²) in [7, 11) is 0. The Morgan fingerprint density at radius 3 is 2.74 bits per heavy atom. The largest absolute Gasteiger partial charge is 0.480 e. The van der Waals surface area contributed by atoms with Gasteiger partial charge < -0.3 is 10.8 Å². The summed E-state index contributed by atoms with van der Waals surface area (Å²) in [5, 5.41) is 9.19. The summed E-state index contributed by atoms with van der Waals surface area (Å²) in [5.41, 5.74) is 8.57. The molecule has 0 radical (unpaired) electrons. The van der Waals surface area contributed by atoms with Crippen LogP contribution in [0.2, 0.25) is 0 Å². The molecule has 2 unspecified atom stereocenters. The molecule has 0 amide bonds. The number of nitrogens with zero attached hydrogens (tertiary/aromatic N) is 1. The van der Waals surface area contributed by atoms with Crippen LogP contribution in [0.15, 0.2) is 18.2 Å². The van der Waals surface area contributed by atoms with Crippen molar-refractivity contribution >= 4 is 5.97 Å². The normalized spacial score (nSPS) is 25.5. The molecular weight excluding hydrogens is 240 g/mol. The molecule has 2 rings (SSSR count). The average molecular weight is 262 g/mol. The minimum absolute atomic E-state index is 0.199. The molecule has 4 nitrogen and oxygen atoms in total. The van der Waals surface area contributed by atoms with E-state index in [4.69, 9.17) is 5.73 Å². The number of hydrogen-bond donors (Lipinski definition) is 2. The van der Waals surface area contributed by atoms with Gasteiger partial charge in [0.15, 0.2) is 0 Å². The summed E-state index contributed by atoms with van der Waals surface area (Å²) >= 11 is 0. The molecule has 0 spiro atoms. The molecule has 1 heterocycles. The number of hydrogen-bond acceptors (Lipinski definition) is 3. The van der Waals surface area contributed by atoms with E-state index in [9.17, 15) is 9.90 Å². The monoisotopic (exact) mass is 262 g/mol. The van der Waals surface area contributed by atoms with Crippen molar-refractivity contribution in [3.8, 4) is 0 Å². The fourth-order valence-electron chi connectivity index (χ4n) is 2.78. The number of likely N-dealkylation sites (tertiary alicyclic amines) is 1. The predicted molar refractivity (Wildman–Crippen MR) is 75.1 cm³/mol. The highest BCUT2D eigenvalue weighted by Crippen LogP contribution is 2.30. The Hall–Kier alpha value is -1.39. The molecule has 104 valence electrons. The molecule has 1 aliphatic heterocycles. The van der Waals surface area contributed by atoms with Crippen molar-refractivity contribution in [3.05, 3.63) is 34.9 Å². The molecule has 1 aliphatic rings. The van der Waals surface area contributed by atoms with Gasteiger partial charge in [-0.25, -0.2) is 0 Å². The van der Waals surface area contributed by atoms with Gasteiger partial charge in [-0.2, -0.15) is 0 Å². The number of aliphatic carboxylic acids is 1. The van der Waals surface area contributed by atoms with Crippen LogP contribution in [0.5, 0.6) is 0 Å². The first-order chi connectivity index (χ1) is 8.83. The van der Waals surface area contributed by atoms with Gasteiger partial charge in [0.05, 0.1) is 0 Å². The van der Waals surface area contributed by atoms with Crippen LogP contribution >= 0.6 is 0 Å². The Balaban J connectivity index is 2.20. The van der Waals surface area contributed by atoms with Gasteiger partial charge in [-0.05, 0) is 38.3 Å². The Morgan fingerprint density at radius 1 is 1.47 bits per heavy atom. The van der Waals surface area contributed by atoms with E-state index in [2.05, 4.69) is 43.9 Å². The van der Waals surface area contributed by atoms with Gasteiger partial charge >= 0.3 is 5.97 Å². The second-order valence-corrected chi connectivity index (χ2v) is 5.72. The van der Waals surface area contributed by atoms with E-state index in [1.165, 1.54) is 16.7 Å². The zero-order valence-corrected chi connectivity index (χ0v) is 11.8. The summed E-state index contributed by atoms with van der Waals surface area (Å²) in [6.45, 7) is 7.43. The van der Waals surface area contributed by atoms with Crippen molar-refractivity contribution in [2.24, 2.45) is 5.73 Å². The Bertz CT molecular complexity index is 501. The third-order valence-corrected chi connectivity index (χ3v) is 4.19. The topological polar surface area (TPSA) is 66.6 Å². The van der Waals surface area contributed by atoms with E-state index in [0.717, 1.165) is 6.54 Å². The molecule has 1 saturated heterocycles. The van der Waals surface area contributed by atoms with E-state index < -0.39 is 11.5 Å². The van der Waals surface area contributed by atoms with Crippen molar-refractivity contribution in [1.29, 1.82) is 0 Å². The lowest BCUT2D eigenvalue weighted by Crippen LogP contribution is -2.50. The van der Waals surface area contributed by atoms with Gasteiger partial charge in [0.1, 0.15) is 5.54 Å². The van der Waals surface area contributed by atoms with E-state index in [-0.39, 0.29) is 6.04 Å². The molecule has 2 atom stereocenters. The maximum Gasteiger partial charge on any atom is 0.325 e. The van der Waals surface area contributed by atoms with Gasteiger partial charge in [0.25, 0.3) is 0 Å². The molecule has 0 saturated carbocycles. The second-order valence-electron chi connectivity index (χ2n) is 5.72. The first-order valence-corrected chi connectivity index (χ1v) is 6.67. The molecule has 19 heavy (non-hydrogen) atoms.